The fourth-order valence-corrected chi connectivity index (χ4v) is 0.471. The van der Waals surface area contributed by atoms with Crippen molar-refractivity contribution in [3.8, 4) is 0 Å². The molecule has 25 heavy (non-hydrogen) atoms. The molecule has 0 aliphatic carbocycles. The second-order valence-corrected chi connectivity index (χ2v) is 6.72. The smallest absolute Gasteiger partial charge is 0.854 e. The molecule has 4 unspecified atom stereocenters. The van der Waals surface area contributed by atoms with Gasteiger partial charge in [0.25, 0.3) is 0 Å². The van der Waals surface area contributed by atoms with Crippen LogP contribution in [0, 0.1) is 23.7 Å². The summed E-state index contributed by atoms with van der Waals surface area (Å²) in [4.78, 5) is 0. The van der Waals surface area contributed by atoms with Crippen molar-refractivity contribution in [1.29, 1.82) is 0 Å². The molecule has 0 heterocycles. The van der Waals surface area contributed by atoms with E-state index in [4.69, 9.17) is 0 Å². The topological polar surface area (TPSA) is 92.2 Å². The van der Waals surface area contributed by atoms with Crippen molar-refractivity contribution in [2.75, 3.05) is 26.4 Å². The summed E-state index contributed by atoms with van der Waals surface area (Å²) in [5.41, 5.74) is 0. The van der Waals surface area contributed by atoms with Crippen molar-refractivity contribution in [2.45, 2.75) is 81.1 Å². The van der Waals surface area contributed by atoms with E-state index in [1.807, 2.05) is 55.4 Å². The minimum Gasteiger partial charge on any atom is -0.854 e. The first-order valence-electron chi connectivity index (χ1n) is 9.56. The molecule has 0 N–H and O–H groups in total. The van der Waals surface area contributed by atoms with Crippen molar-refractivity contribution < 1.29 is 42.1 Å². The van der Waals surface area contributed by atoms with Crippen LogP contribution in [0.3, 0.4) is 0 Å². The molecule has 0 aromatic rings. The van der Waals surface area contributed by atoms with Crippen LogP contribution >= 0.6 is 0 Å². The largest absolute Gasteiger partial charge is 4.00 e. The van der Waals surface area contributed by atoms with E-state index in [1.165, 1.54) is 0 Å². The van der Waals surface area contributed by atoms with E-state index >= 15 is 0 Å². The van der Waals surface area contributed by atoms with E-state index in [-0.39, 0.29) is 48.1 Å². The maximum atomic E-state index is 9.86. The van der Waals surface area contributed by atoms with Gasteiger partial charge in [0.1, 0.15) is 0 Å². The second-order valence-electron chi connectivity index (χ2n) is 6.72. The van der Waals surface area contributed by atoms with Crippen molar-refractivity contribution in [2.24, 2.45) is 23.7 Å². The monoisotopic (exact) mass is 396 g/mol. The molecule has 0 fully saturated rings. The minimum atomic E-state index is 0. The van der Waals surface area contributed by atoms with Gasteiger partial charge in [0.2, 0.25) is 0 Å². The normalized spacial score (nSPS) is 13.9. The van der Waals surface area contributed by atoms with Gasteiger partial charge in [-0.15, -0.1) is 26.4 Å². The molecule has 0 spiro atoms. The zero-order valence-corrected chi connectivity index (χ0v) is 19.7. The first-order chi connectivity index (χ1) is 11.2. The van der Waals surface area contributed by atoms with Crippen molar-refractivity contribution in [1.82, 2.24) is 0 Å². The summed E-state index contributed by atoms with van der Waals surface area (Å²) in [6.07, 6.45) is 4.07. The molecule has 0 amide bonds. The van der Waals surface area contributed by atoms with Crippen LogP contribution in [0.1, 0.15) is 81.1 Å². The Morgan fingerprint density at radius 1 is 0.440 bits per heavy atom. The van der Waals surface area contributed by atoms with Gasteiger partial charge in [-0.05, 0) is 0 Å². The molecule has 4 atom stereocenters. The minimum absolute atomic E-state index is 0. The van der Waals surface area contributed by atoms with E-state index in [1.54, 1.807) is 0 Å². The van der Waals surface area contributed by atoms with Crippen LogP contribution in [0.25, 0.3) is 0 Å². The van der Waals surface area contributed by atoms with Crippen LogP contribution in [-0.2, 0) is 21.7 Å². The maximum Gasteiger partial charge on any atom is 4.00 e. The van der Waals surface area contributed by atoms with E-state index < -0.39 is 0 Å². The molecular weight excluding hydrogens is 352 g/mol. The summed E-state index contributed by atoms with van der Waals surface area (Å²) in [5.74, 6) is 1.52. The molecule has 0 aliphatic rings. The average molecular weight is 396 g/mol. The van der Waals surface area contributed by atoms with Crippen LogP contribution in [0.2, 0.25) is 0 Å². The van der Waals surface area contributed by atoms with Crippen LogP contribution in [0.5, 0.6) is 0 Å². The molecule has 152 valence electrons. The third-order valence-corrected chi connectivity index (χ3v) is 3.93. The van der Waals surface area contributed by atoms with Crippen LogP contribution in [0.4, 0.5) is 0 Å². The predicted octanol–water partition coefficient (Wildman–Crippen LogP) is 1.57. The van der Waals surface area contributed by atoms with Crippen LogP contribution in [0.15, 0.2) is 0 Å². The molecule has 0 radical (unpaired) electrons. The second kappa shape index (κ2) is 32.2. The molecule has 0 aliphatic heterocycles. The molecule has 0 aromatic carbocycles. The summed E-state index contributed by atoms with van der Waals surface area (Å²) in [6, 6.07) is 0. The number of hydrogen-bond acceptors (Lipinski definition) is 4. The maximum absolute atomic E-state index is 9.86. The molecular formula is C20H44O4Ti. The summed E-state index contributed by atoms with van der Waals surface area (Å²) in [5, 5.41) is 39.4. The van der Waals surface area contributed by atoms with Gasteiger partial charge in [-0.3, -0.25) is 0 Å². The molecule has 5 heteroatoms. The summed E-state index contributed by atoms with van der Waals surface area (Å²) < 4.78 is 0. The Labute approximate surface area is 173 Å². The number of hydrogen-bond donors (Lipinski definition) is 0. The quantitative estimate of drug-likeness (QED) is 0.582. The van der Waals surface area contributed by atoms with Gasteiger partial charge in [-0.2, -0.15) is 0 Å². The Bertz CT molecular complexity index is 139. The van der Waals surface area contributed by atoms with E-state index in [9.17, 15) is 20.4 Å². The molecule has 0 bridgehead atoms. The predicted molar refractivity (Wildman–Crippen MR) is 97.3 cm³/mol. The van der Waals surface area contributed by atoms with Crippen molar-refractivity contribution >= 4 is 0 Å². The van der Waals surface area contributed by atoms with Gasteiger partial charge >= 0.3 is 21.7 Å². The Morgan fingerprint density at radius 3 is 0.560 bits per heavy atom. The first-order valence-corrected chi connectivity index (χ1v) is 9.56. The Hall–Kier alpha value is 0.554. The van der Waals surface area contributed by atoms with Gasteiger partial charge in [0.05, 0.1) is 0 Å². The van der Waals surface area contributed by atoms with Crippen molar-refractivity contribution in [3.05, 3.63) is 0 Å². The molecule has 0 saturated carbocycles. The van der Waals surface area contributed by atoms with Gasteiger partial charge in [0.15, 0.2) is 0 Å². The van der Waals surface area contributed by atoms with Crippen molar-refractivity contribution in [3.63, 3.8) is 0 Å². The molecule has 4 nitrogen and oxygen atoms in total. The first kappa shape index (κ1) is 36.5. The average Bonchev–Trinajstić information content (AvgIpc) is 2.66. The van der Waals surface area contributed by atoms with Gasteiger partial charge in [-0.25, -0.2) is 0 Å². The van der Waals surface area contributed by atoms with Gasteiger partial charge in [-0.1, -0.05) is 105 Å². The van der Waals surface area contributed by atoms with E-state index in [0.29, 0.717) is 23.7 Å². The van der Waals surface area contributed by atoms with E-state index in [2.05, 4.69) is 0 Å². The van der Waals surface area contributed by atoms with Gasteiger partial charge < -0.3 is 20.4 Å². The molecule has 0 saturated heterocycles. The third-order valence-electron chi connectivity index (χ3n) is 3.93. The Balaban J connectivity index is -0.0000000702. The molecule has 0 aromatic heterocycles. The third kappa shape index (κ3) is 45.6. The summed E-state index contributed by atoms with van der Waals surface area (Å²) in [7, 11) is 0. The zero-order chi connectivity index (χ0) is 20.0. The fraction of sp³-hybridized carbons (Fsp3) is 1.00. The standard InChI is InChI=1S/4C5H11O.Ti/c4*1-3-5(2)4-6;/h4*5H,3-4H2,1-2H3;/q4*-1;+4. The summed E-state index contributed by atoms with van der Waals surface area (Å²) in [6.45, 7) is 16.3. The van der Waals surface area contributed by atoms with Crippen LogP contribution < -0.4 is 20.4 Å². The van der Waals surface area contributed by atoms with Gasteiger partial charge in [0, 0.05) is 0 Å². The Morgan fingerprint density at radius 2 is 0.560 bits per heavy atom. The zero-order valence-electron chi connectivity index (χ0n) is 18.1. The fourth-order valence-electron chi connectivity index (χ4n) is 0.471. The summed E-state index contributed by atoms with van der Waals surface area (Å²) >= 11 is 0. The number of rotatable bonds is 8. The SMILES string of the molecule is CCC(C)C[O-].CCC(C)C[O-].CCC(C)C[O-].CCC(C)C[O-].[Ti+4]. The molecule has 0 rings (SSSR count). The van der Waals surface area contributed by atoms with Crippen LogP contribution in [-0.4, -0.2) is 26.4 Å². The Kier molecular flexibility index (Phi) is 47.0. The van der Waals surface area contributed by atoms with E-state index in [0.717, 1.165) is 25.7 Å².